The number of hydrogen-bond donors (Lipinski definition) is 0. The fourth-order valence-electron chi connectivity index (χ4n) is 7.82. The van der Waals surface area contributed by atoms with E-state index in [0.29, 0.717) is 46.6 Å². The van der Waals surface area contributed by atoms with Crippen molar-refractivity contribution in [2.24, 2.45) is 0 Å². The molecule has 66 heavy (non-hydrogen) atoms. The molecule has 0 aliphatic rings. The Bertz CT molecular complexity index is 2440. The van der Waals surface area contributed by atoms with Gasteiger partial charge in [-0.15, -0.1) is 0 Å². The van der Waals surface area contributed by atoms with Gasteiger partial charge in [-0.1, -0.05) is 94.6 Å². The molecule has 6 aromatic rings. The van der Waals surface area contributed by atoms with Gasteiger partial charge in [0.05, 0.1) is 37.1 Å². The van der Waals surface area contributed by atoms with Crippen LogP contribution >= 0.6 is 0 Å². The molecule has 0 atom stereocenters. The molecule has 0 aliphatic heterocycles. The van der Waals surface area contributed by atoms with Gasteiger partial charge in [-0.2, -0.15) is 0 Å². The Balaban J connectivity index is 1.06. The quantitative estimate of drug-likeness (QED) is 0.0205. The first-order valence-corrected chi connectivity index (χ1v) is 23.4. The lowest BCUT2D eigenvalue weighted by Gasteiger charge is -2.20. The van der Waals surface area contributed by atoms with Gasteiger partial charge in [0.25, 0.3) is 0 Å². The second-order valence-electron chi connectivity index (χ2n) is 16.8. The number of benzene rings is 4. The minimum Gasteiger partial charge on any atom is -0.493 e. The molecule has 11 heteroatoms. The number of ether oxygens (including phenoxy) is 4. The van der Waals surface area contributed by atoms with Crippen molar-refractivity contribution in [1.29, 1.82) is 0 Å². The number of alkyl halides is 2. The smallest absolute Gasteiger partial charge is 0.344 e. The third-order valence-electron chi connectivity index (χ3n) is 11.6. The first kappa shape index (κ1) is 49.4. The van der Waals surface area contributed by atoms with E-state index >= 15 is 0 Å². The Labute approximate surface area is 385 Å². The van der Waals surface area contributed by atoms with Gasteiger partial charge in [0.1, 0.15) is 22.7 Å². The van der Waals surface area contributed by atoms with Crippen molar-refractivity contribution in [2.45, 2.75) is 116 Å². The summed E-state index contributed by atoms with van der Waals surface area (Å²) in [4.78, 5) is 37.4. The largest absolute Gasteiger partial charge is 0.493 e. The van der Waals surface area contributed by atoms with Crippen molar-refractivity contribution in [1.82, 2.24) is 0 Å². The van der Waals surface area contributed by atoms with Crippen LogP contribution in [0.15, 0.2) is 128 Å². The summed E-state index contributed by atoms with van der Waals surface area (Å²) in [7, 11) is 0. The normalized spacial score (nSPS) is 11.7. The number of esters is 1. The van der Waals surface area contributed by atoms with E-state index in [-0.39, 0.29) is 45.7 Å². The highest BCUT2D eigenvalue weighted by Crippen LogP contribution is 2.29. The van der Waals surface area contributed by atoms with E-state index in [2.05, 4.69) is 44.7 Å². The highest BCUT2D eigenvalue weighted by atomic mass is 19.3. The molecule has 2 aromatic heterocycles. The van der Waals surface area contributed by atoms with Crippen molar-refractivity contribution < 1.29 is 41.4 Å². The minimum absolute atomic E-state index is 0.0313. The van der Waals surface area contributed by atoms with Crippen molar-refractivity contribution in [2.75, 3.05) is 26.4 Å². The third kappa shape index (κ3) is 15.0. The highest BCUT2D eigenvalue weighted by Gasteiger charge is 2.28. The van der Waals surface area contributed by atoms with Gasteiger partial charge < -0.3 is 27.8 Å². The van der Waals surface area contributed by atoms with Crippen LogP contribution in [0.3, 0.4) is 0 Å². The molecule has 350 valence electrons. The van der Waals surface area contributed by atoms with Gasteiger partial charge in [-0.25, -0.2) is 23.2 Å². The van der Waals surface area contributed by atoms with Gasteiger partial charge in [-0.3, -0.25) is 0 Å². The maximum absolute atomic E-state index is 14.6. The fraction of sp³-hybridized carbons (Fsp3) is 0.400. The average Bonchev–Trinajstić information content (AvgIpc) is 3.31. The molecular weight excluding hydrogens is 843 g/mol. The molecule has 0 amide bonds. The summed E-state index contributed by atoms with van der Waals surface area (Å²) in [5.41, 5.74) is 4.96. The molecular formula is C55H62F2O9. The number of hydrogen-bond acceptors (Lipinski definition) is 9. The van der Waals surface area contributed by atoms with Crippen LogP contribution in [0.1, 0.15) is 102 Å². The summed E-state index contributed by atoms with van der Waals surface area (Å²) in [5, 5.41) is 1.52. The SMILES string of the molecule is C=CC(=O)OCCCC(F)(F)CCCOC(CCOc1ccc2cc(-c3ccc(CCCCC)cc3)c(=O)oc2c1)CCOc1ccc2cc(-c3ccc(CCCCC)cc3)c(=O)oc2c1. The maximum atomic E-state index is 14.6. The highest BCUT2D eigenvalue weighted by molar-refractivity contribution is 5.84. The number of rotatable bonds is 28. The second kappa shape index (κ2) is 25.0. The summed E-state index contributed by atoms with van der Waals surface area (Å²) in [6.45, 7) is 8.12. The van der Waals surface area contributed by atoms with Gasteiger partial charge in [0, 0.05) is 61.3 Å². The lowest BCUT2D eigenvalue weighted by atomic mass is 10.0. The third-order valence-corrected chi connectivity index (χ3v) is 11.6. The molecule has 0 fully saturated rings. The molecule has 0 N–H and O–H groups in total. The molecule has 9 nitrogen and oxygen atoms in total. The standard InChI is InChI=1S/C55H62F2O9/c1-4-7-9-13-39-15-19-41(20-16-39)48-35-43-23-25-46(37-50(43)65-53(48)59)62-33-27-45(61-31-11-29-55(56,57)30-12-32-64-52(58)6-3)28-34-63-47-26-24-44-36-49(54(60)66-51(44)38-47)42-21-17-40(18-22-42)14-10-8-5-2/h6,15-26,35-38,45H,3-5,7-14,27-34H2,1-2H3. The lowest BCUT2D eigenvalue weighted by Crippen LogP contribution is -2.22. The summed E-state index contributed by atoms with van der Waals surface area (Å²) in [5.74, 6) is -2.58. The van der Waals surface area contributed by atoms with Gasteiger partial charge in [-0.05, 0) is 97.2 Å². The average molecular weight is 905 g/mol. The Morgan fingerprint density at radius 3 is 1.55 bits per heavy atom. The zero-order valence-electron chi connectivity index (χ0n) is 38.3. The number of unbranched alkanes of at least 4 members (excludes halogenated alkanes) is 4. The molecule has 6 rings (SSSR count). The number of halogens is 2. The van der Waals surface area contributed by atoms with E-state index in [1.165, 1.54) is 24.0 Å². The van der Waals surface area contributed by atoms with E-state index in [4.69, 9.17) is 27.8 Å². The number of carbonyl (C=O) groups is 1. The molecule has 0 unspecified atom stereocenters. The minimum atomic E-state index is -2.94. The van der Waals surface area contributed by atoms with Crippen molar-refractivity contribution >= 4 is 27.9 Å². The summed E-state index contributed by atoms with van der Waals surface area (Å²) in [6, 6.07) is 30.5. The molecule has 0 radical (unpaired) electrons. The van der Waals surface area contributed by atoms with E-state index in [9.17, 15) is 23.2 Å². The van der Waals surface area contributed by atoms with E-state index in [1.54, 1.807) is 12.1 Å². The predicted octanol–water partition coefficient (Wildman–Crippen LogP) is 13.2. The predicted molar refractivity (Wildman–Crippen MR) is 257 cm³/mol. The first-order valence-electron chi connectivity index (χ1n) is 23.4. The molecule has 0 bridgehead atoms. The zero-order chi connectivity index (χ0) is 46.7. The van der Waals surface area contributed by atoms with Crippen LogP contribution in [0.25, 0.3) is 44.2 Å². The van der Waals surface area contributed by atoms with Crippen LogP contribution in [-0.2, 0) is 27.1 Å². The maximum Gasteiger partial charge on any atom is 0.344 e. The van der Waals surface area contributed by atoms with Crippen LogP contribution in [0.5, 0.6) is 11.5 Å². The summed E-state index contributed by atoms with van der Waals surface area (Å²) >= 11 is 0. The van der Waals surface area contributed by atoms with Crippen LogP contribution in [0, 0.1) is 0 Å². The zero-order valence-corrected chi connectivity index (χ0v) is 38.3. The Morgan fingerprint density at radius 1 is 0.621 bits per heavy atom. The number of fused-ring (bicyclic) bond motifs is 2. The summed E-state index contributed by atoms with van der Waals surface area (Å²) in [6.07, 6.45) is 9.74. The molecule has 0 saturated carbocycles. The molecule has 0 spiro atoms. The van der Waals surface area contributed by atoms with Crippen molar-refractivity contribution in [3.05, 3.63) is 142 Å². The Morgan fingerprint density at radius 2 is 1.09 bits per heavy atom. The molecule has 0 saturated heterocycles. The van der Waals surface area contributed by atoms with Crippen LogP contribution in [-0.4, -0.2) is 44.4 Å². The van der Waals surface area contributed by atoms with Crippen LogP contribution in [0.4, 0.5) is 8.78 Å². The fourth-order valence-corrected chi connectivity index (χ4v) is 7.82. The Kier molecular flexibility index (Phi) is 18.7. The van der Waals surface area contributed by atoms with E-state index < -0.39 is 35.7 Å². The van der Waals surface area contributed by atoms with Gasteiger partial charge in [0.15, 0.2) is 0 Å². The van der Waals surface area contributed by atoms with Crippen LogP contribution < -0.4 is 20.7 Å². The number of carbonyl (C=O) groups excluding carboxylic acids is 1. The molecule has 4 aromatic carbocycles. The van der Waals surface area contributed by atoms with Crippen molar-refractivity contribution in [3.63, 3.8) is 0 Å². The summed E-state index contributed by atoms with van der Waals surface area (Å²) < 4.78 is 63.9. The second-order valence-corrected chi connectivity index (χ2v) is 16.8. The topological polar surface area (TPSA) is 114 Å². The molecule has 2 heterocycles. The van der Waals surface area contributed by atoms with E-state index in [0.717, 1.165) is 66.5 Å². The number of aryl methyl sites for hydroxylation is 2. The molecule has 0 aliphatic carbocycles. The van der Waals surface area contributed by atoms with Gasteiger partial charge in [0.2, 0.25) is 5.92 Å². The Hall–Kier alpha value is -6.07. The first-order chi connectivity index (χ1) is 32.0. The van der Waals surface area contributed by atoms with Gasteiger partial charge >= 0.3 is 17.2 Å². The van der Waals surface area contributed by atoms with E-state index in [1.807, 2.05) is 60.7 Å². The van der Waals surface area contributed by atoms with Crippen molar-refractivity contribution in [3.8, 4) is 33.8 Å². The lowest BCUT2D eigenvalue weighted by molar-refractivity contribution is -0.138. The monoisotopic (exact) mass is 904 g/mol. The van der Waals surface area contributed by atoms with Crippen LogP contribution in [0.2, 0.25) is 0 Å².